The quantitative estimate of drug-likeness (QED) is 0.582. The first-order valence-electron chi connectivity index (χ1n) is 5.11. The van der Waals surface area contributed by atoms with E-state index in [-0.39, 0.29) is 5.41 Å². The van der Waals surface area contributed by atoms with Crippen LogP contribution in [0.4, 0.5) is 0 Å². The molecule has 0 saturated heterocycles. The molecule has 1 rings (SSSR count). The zero-order valence-electron chi connectivity index (χ0n) is 8.91. The molecule has 74 valence electrons. The lowest BCUT2D eigenvalue weighted by Gasteiger charge is -2.32. The summed E-state index contributed by atoms with van der Waals surface area (Å²) in [5.41, 5.74) is 1.37. The van der Waals surface area contributed by atoms with Crippen molar-refractivity contribution in [1.82, 2.24) is 0 Å². The molecule has 0 radical (unpaired) electrons. The van der Waals surface area contributed by atoms with Crippen LogP contribution in [0.1, 0.15) is 46.5 Å². The van der Waals surface area contributed by atoms with Crippen molar-refractivity contribution in [2.75, 3.05) is 0 Å². The molecular weight excluding hydrogens is 160 g/mol. The summed E-state index contributed by atoms with van der Waals surface area (Å²) in [7, 11) is 0. The molecule has 0 aromatic rings. The summed E-state index contributed by atoms with van der Waals surface area (Å²) < 4.78 is 0. The molecule has 0 bridgehead atoms. The van der Waals surface area contributed by atoms with Gasteiger partial charge in [0.15, 0.2) is 0 Å². The Labute approximate surface area is 80.8 Å². The van der Waals surface area contributed by atoms with E-state index >= 15 is 0 Å². The van der Waals surface area contributed by atoms with Gasteiger partial charge in [0.25, 0.3) is 0 Å². The predicted octanol–water partition coefficient (Wildman–Crippen LogP) is 3.26. The molecule has 0 amide bonds. The average molecular weight is 180 g/mol. The van der Waals surface area contributed by atoms with Crippen molar-refractivity contribution in [3.05, 3.63) is 0 Å². The van der Waals surface area contributed by atoms with E-state index in [0.29, 0.717) is 17.3 Å². The van der Waals surface area contributed by atoms with Gasteiger partial charge < -0.3 is 10.8 Å². The van der Waals surface area contributed by atoms with Gasteiger partial charge in [0.2, 0.25) is 0 Å². The molecule has 13 heavy (non-hydrogen) atoms. The molecule has 0 aliphatic heterocycles. The first-order chi connectivity index (χ1) is 5.96. The van der Waals surface area contributed by atoms with Crippen LogP contribution in [0.5, 0.6) is 0 Å². The topological polar surface area (TPSA) is 47.7 Å². The van der Waals surface area contributed by atoms with Gasteiger partial charge in [-0.15, -0.1) is 0 Å². The van der Waals surface area contributed by atoms with Gasteiger partial charge in [0.05, 0.1) is 11.4 Å². The predicted molar refractivity (Wildman–Crippen MR) is 56.9 cm³/mol. The molecule has 1 fully saturated rings. The molecule has 1 unspecified atom stereocenters. The Bertz CT molecular complexity index is 230. The van der Waals surface area contributed by atoms with E-state index in [0.717, 1.165) is 25.7 Å². The molecule has 2 N–H and O–H groups in total. The van der Waals surface area contributed by atoms with Crippen molar-refractivity contribution in [3.8, 4) is 0 Å². The van der Waals surface area contributed by atoms with Gasteiger partial charge in [-0.3, -0.25) is 0 Å². The van der Waals surface area contributed by atoms with Gasteiger partial charge in [-0.1, -0.05) is 20.8 Å². The summed E-state index contributed by atoms with van der Waals surface area (Å²) in [4.78, 5) is 0. The summed E-state index contributed by atoms with van der Waals surface area (Å²) in [6.45, 7) is 6.70. The fourth-order valence-corrected chi connectivity index (χ4v) is 1.91. The van der Waals surface area contributed by atoms with Crippen LogP contribution in [-0.2, 0) is 0 Å². The Morgan fingerprint density at radius 1 is 1.23 bits per heavy atom. The van der Waals surface area contributed by atoms with Crippen molar-refractivity contribution < 1.29 is 0 Å². The van der Waals surface area contributed by atoms with E-state index in [2.05, 4.69) is 20.8 Å². The SMILES string of the molecule is CC(C)C1(C)CCCC(=N)C(=N)C1. The fourth-order valence-electron chi connectivity index (χ4n) is 1.91. The lowest BCUT2D eigenvalue weighted by atomic mass is 9.73. The first-order valence-corrected chi connectivity index (χ1v) is 5.11. The van der Waals surface area contributed by atoms with Gasteiger partial charge >= 0.3 is 0 Å². The molecule has 0 aromatic heterocycles. The molecule has 0 spiro atoms. The van der Waals surface area contributed by atoms with Crippen molar-refractivity contribution >= 4 is 11.4 Å². The maximum absolute atomic E-state index is 7.76. The second-order valence-electron chi connectivity index (χ2n) is 4.80. The minimum Gasteiger partial charge on any atom is -0.303 e. The zero-order chi connectivity index (χ0) is 10.1. The molecule has 0 aromatic carbocycles. The molecule has 1 aliphatic rings. The second kappa shape index (κ2) is 3.60. The smallest absolute Gasteiger partial charge is 0.0526 e. The highest BCUT2D eigenvalue weighted by Crippen LogP contribution is 2.38. The monoisotopic (exact) mass is 180 g/mol. The van der Waals surface area contributed by atoms with Gasteiger partial charge in [-0.2, -0.15) is 0 Å². The lowest BCUT2D eigenvalue weighted by molar-refractivity contribution is 0.209. The van der Waals surface area contributed by atoms with Crippen molar-refractivity contribution in [1.29, 1.82) is 10.8 Å². The third-order valence-corrected chi connectivity index (χ3v) is 3.51. The van der Waals surface area contributed by atoms with Crippen LogP contribution in [0.2, 0.25) is 0 Å². The highest BCUT2D eigenvalue weighted by Gasteiger charge is 2.32. The number of nitrogens with one attached hydrogen (secondary N) is 2. The number of hydrogen-bond acceptors (Lipinski definition) is 2. The Morgan fingerprint density at radius 3 is 2.38 bits per heavy atom. The van der Waals surface area contributed by atoms with Gasteiger partial charge in [0.1, 0.15) is 0 Å². The van der Waals surface area contributed by atoms with E-state index in [9.17, 15) is 0 Å². The van der Waals surface area contributed by atoms with Gasteiger partial charge in [-0.05, 0) is 37.0 Å². The Morgan fingerprint density at radius 2 is 1.85 bits per heavy atom. The molecule has 2 nitrogen and oxygen atoms in total. The summed E-state index contributed by atoms with van der Waals surface area (Å²) in [6.07, 6.45) is 3.84. The minimum absolute atomic E-state index is 0.250. The number of hydrogen-bond donors (Lipinski definition) is 2. The second-order valence-corrected chi connectivity index (χ2v) is 4.80. The fraction of sp³-hybridized carbons (Fsp3) is 0.818. The minimum atomic E-state index is 0.250. The Balaban J connectivity index is 2.79. The maximum atomic E-state index is 7.76. The third-order valence-electron chi connectivity index (χ3n) is 3.51. The van der Waals surface area contributed by atoms with Gasteiger partial charge in [0, 0.05) is 0 Å². The zero-order valence-corrected chi connectivity index (χ0v) is 8.91. The summed E-state index contributed by atoms with van der Waals surface area (Å²) >= 11 is 0. The molecule has 1 aliphatic carbocycles. The average Bonchev–Trinajstić information content (AvgIpc) is 2.14. The molecular formula is C11H20N2. The Hall–Kier alpha value is -0.660. The van der Waals surface area contributed by atoms with Crippen LogP contribution in [0, 0.1) is 22.2 Å². The van der Waals surface area contributed by atoms with Crippen LogP contribution in [0.25, 0.3) is 0 Å². The van der Waals surface area contributed by atoms with Crippen LogP contribution in [0.15, 0.2) is 0 Å². The summed E-state index contributed by atoms with van der Waals surface area (Å²) in [5, 5.41) is 15.4. The standard InChI is InChI=1S/C11H20N2/c1-8(2)11(3)6-4-5-9(12)10(13)7-11/h8,12-13H,4-7H2,1-3H3. The summed E-state index contributed by atoms with van der Waals surface area (Å²) in [5.74, 6) is 0.610. The molecule has 2 heteroatoms. The molecule has 0 heterocycles. The van der Waals surface area contributed by atoms with Crippen LogP contribution in [0.3, 0.4) is 0 Å². The molecule has 1 atom stereocenters. The first kappa shape index (κ1) is 10.4. The largest absolute Gasteiger partial charge is 0.303 e. The Kier molecular flexibility index (Phi) is 2.89. The third kappa shape index (κ3) is 2.17. The lowest BCUT2D eigenvalue weighted by Crippen LogP contribution is -2.26. The van der Waals surface area contributed by atoms with Crippen molar-refractivity contribution in [2.24, 2.45) is 11.3 Å². The van der Waals surface area contributed by atoms with Crippen molar-refractivity contribution in [3.63, 3.8) is 0 Å². The summed E-state index contributed by atoms with van der Waals surface area (Å²) in [6, 6.07) is 0. The number of rotatable bonds is 1. The van der Waals surface area contributed by atoms with Crippen LogP contribution in [-0.4, -0.2) is 11.4 Å². The van der Waals surface area contributed by atoms with E-state index in [1.807, 2.05) is 0 Å². The van der Waals surface area contributed by atoms with E-state index in [1.165, 1.54) is 0 Å². The maximum Gasteiger partial charge on any atom is 0.0526 e. The highest BCUT2D eigenvalue weighted by atomic mass is 14.6. The van der Waals surface area contributed by atoms with E-state index in [1.54, 1.807) is 0 Å². The normalized spacial score (nSPS) is 30.8. The van der Waals surface area contributed by atoms with E-state index in [4.69, 9.17) is 10.8 Å². The van der Waals surface area contributed by atoms with Crippen LogP contribution >= 0.6 is 0 Å². The van der Waals surface area contributed by atoms with Gasteiger partial charge in [-0.25, -0.2) is 0 Å². The molecule has 1 saturated carbocycles. The van der Waals surface area contributed by atoms with Crippen molar-refractivity contribution in [2.45, 2.75) is 46.5 Å². The van der Waals surface area contributed by atoms with E-state index < -0.39 is 0 Å². The highest BCUT2D eigenvalue weighted by molar-refractivity contribution is 6.40. The van der Waals surface area contributed by atoms with Crippen LogP contribution < -0.4 is 0 Å².